The van der Waals surface area contributed by atoms with Gasteiger partial charge in [0.1, 0.15) is 6.54 Å². The maximum atomic E-state index is 11.7. The third kappa shape index (κ3) is 3.42. The number of hydrogen-bond donors (Lipinski definition) is 1. The SMILES string of the molecule is O=C(Cn1cccn1)Nc1cccc(CBr)c1. The third-order valence-electron chi connectivity index (χ3n) is 2.23. The molecule has 0 aliphatic carbocycles. The van der Waals surface area contributed by atoms with Crippen molar-refractivity contribution in [1.82, 2.24) is 9.78 Å². The van der Waals surface area contributed by atoms with Crippen LogP contribution in [0.1, 0.15) is 5.56 Å². The molecule has 0 spiro atoms. The van der Waals surface area contributed by atoms with Gasteiger partial charge in [-0.3, -0.25) is 9.48 Å². The molecule has 1 N–H and O–H groups in total. The van der Waals surface area contributed by atoms with Gasteiger partial charge in [-0.15, -0.1) is 0 Å². The van der Waals surface area contributed by atoms with Crippen LogP contribution in [0.25, 0.3) is 0 Å². The molecule has 0 bridgehead atoms. The average molecular weight is 294 g/mol. The highest BCUT2D eigenvalue weighted by Gasteiger charge is 2.03. The molecular formula is C12H12BrN3O. The maximum absolute atomic E-state index is 11.7. The summed E-state index contributed by atoms with van der Waals surface area (Å²) in [6.45, 7) is 0.228. The van der Waals surface area contributed by atoms with Crippen molar-refractivity contribution < 1.29 is 4.79 Å². The van der Waals surface area contributed by atoms with E-state index < -0.39 is 0 Å². The Morgan fingerprint density at radius 2 is 2.29 bits per heavy atom. The van der Waals surface area contributed by atoms with Crippen LogP contribution in [0.2, 0.25) is 0 Å². The lowest BCUT2D eigenvalue weighted by atomic mass is 10.2. The molecule has 5 heteroatoms. The number of anilines is 1. The number of carbonyl (C=O) groups excluding carboxylic acids is 1. The average Bonchev–Trinajstić information content (AvgIpc) is 2.82. The van der Waals surface area contributed by atoms with E-state index in [4.69, 9.17) is 0 Å². The molecule has 0 radical (unpaired) electrons. The lowest BCUT2D eigenvalue weighted by Gasteiger charge is -2.06. The monoisotopic (exact) mass is 293 g/mol. The van der Waals surface area contributed by atoms with E-state index in [-0.39, 0.29) is 12.5 Å². The number of carbonyl (C=O) groups is 1. The Morgan fingerprint density at radius 3 is 3.00 bits per heavy atom. The zero-order chi connectivity index (χ0) is 12.1. The Kier molecular flexibility index (Phi) is 3.93. The van der Waals surface area contributed by atoms with Crippen LogP contribution in [0.15, 0.2) is 42.7 Å². The van der Waals surface area contributed by atoms with Crippen LogP contribution < -0.4 is 5.32 Å². The Hall–Kier alpha value is -1.62. The van der Waals surface area contributed by atoms with Gasteiger partial charge in [0.05, 0.1) is 0 Å². The quantitative estimate of drug-likeness (QED) is 0.880. The number of nitrogens with one attached hydrogen (secondary N) is 1. The molecule has 0 fully saturated rings. The predicted molar refractivity (Wildman–Crippen MR) is 69.9 cm³/mol. The summed E-state index contributed by atoms with van der Waals surface area (Å²) in [6.07, 6.45) is 3.41. The first-order chi connectivity index (χ1) is 8.28. The van der Waals surface area contributed by atoms with E-state index in [9.17, 15) is 4.79 Å². The second-order valence-corrected chi connectivity index (χ2v) is 4.15. The van der Waals surface area contributed by atoms with E-state index in [2.05, 4.69) is 26.3 Å². The molecule has 0 aliphatic rings. The smallest absolute Gasteiger partial charge is 0.246 e. The highest BCUT2D eigenvalue weighted by atomic mass is 79.9. The van der Waals surface area contributed by atoms with Crippen molar-refractivity contribution in [2.24, 2.45) is 0 Å². The number of alkyl halides is 1. The van der Waals surface area contributed by atoms with Gasteiger partial charge in [-0.25, -0.2) is 0 Å². The number of nitrogens with zero attached hydrogens (tertiary/aromatic N) is 2. The molecule has 1 amide bonds. The van der Waals surface area contributed by atoms with Crippen LogP contribution in [0, 0.1) is 0 Å². The lowest BCUT2D eigenvalue weighted by molar-refractivity contribution is -0.116. The van der Waals surface area contributed by atoms with Gasteiger partial charge in [0, 0.05) is 23.4 Å². The minimum Gasteiger partial charge on any atom is -0.324 e. The minimum absolute atomic E-state index is 0.0829. The van der Waals surface area contributed by atoms with Gasteiger partial charge in [0.2, 0.25) is 5.91 Å². The standard InChI is InChI=1S/C12H12BrN3O/c13-8-10-3-1-4-11(7-10)15-12(17)9-16-6-2-5-14-16/h1-7H,8-9H2,(H,15,17). The normalized spacial score (nSPS) is 10.2. The molecule has 4 nitrogen and oxygen atoms in total. The fraction of sp³-hybridized carbons (Fsp3) is 0.167. The molecule has 0 saturated carbocycles. The number of benzene rings is 1. The number of rotatable bonds is 4. The van der Waals surface area contributed by atoms with Crippen molar-refractivity contribution in [3.05, 3.63) is 48.3 Å². The summed E-state index contributed by atoms with van der Waals surface area (Å²) in [5.41, 5.74) is 1.93. The Bertz CT molecular complexity index is 496. The predicted octanol–water partition coefficient (Wildman–Crippen LogP) is 2.42. The molecule has 0 aliphatic heterocycles. The zero-order valence-corrected chi connectivity index (χ0v) is 10.7. The lowest BCUT2D eigenvalue weighted by Crippen LogP contribution is -2.18. The molecule has 1 aromatic carbocycles. The number of hydrogen-bond acceptors (Lipinski definition) is 2. The molecule has 1 heterocycles. The summed E-state index contributed by atoms with van der Waals surface area (Å²) in [4.78, 5) is 11.7. The molecule has 1 aromatic heterocycles. The van der Waals surface area contributed by atoms with Gasteiger partial charge < -0.3 is 5.32 Å². The van der Waals surface area contributed by atoms with E-state index in [0.717, 1.165) is 16.6 Å². The molecule has 88 valence electrons. The van der Waals surface area contributed by atoms with Crippen molar-refractivity contribution in [3.63, 3.8) is 0 Å². The fourth-order valence-corrected chi connectivity index (χ4v) is 1.82. The van der Waals surface area contributed by atoms with Crippen LogP contribution >= 0.6 is 15.9 Å². The molecule has 17 heavy (non-hydrogen) atoms. The Labute approximate surface area is 108 Å². The Balaban J connectivity index is 1.98. The molecule has 2 aromatic rings. The molecular weight excluding hydrogens is 282 g/mol. The van der Waals surface area contributed by atoms with Gasteiger partial charge in [0.15, 0.2) is 0 Å². The summed E-state index contributed by atoms with van der Waals surface area (Å²) < 4.78 is 1.59. The van der Waals surface area contributed by atoms with Crippen LogP contribution in [0.5, 0.6) is 0 Å². The van der Waals surface area contributed by atoms with E-state index >= 15 is 0 Å². The van der Waals surface area contributed by atoms with Crippen LogP contribution in [0.4, 0.5) is 5.69 Å². The number of halogens is 1. The highest BCUT2D eigenvalue weighted by molar-refractivity contribution is 9.08. The second-order valence-electron chi connectivity index (χ2n) is 3.59. The first-order valence-electron chi connectivity index (χ1n) is 5.20. The van der Waals surface area contributed by atoms with Gasteiger partial charge in [-0.1, -0.05) is 28.1 Å². The molecule has 2 rings (SSSR count). The second kappa shape index (κ2) is 5.63. The number of aromatic nitrogens is 2. The molecule has 0 saturated heterocycles. The summed E-state index contributed by atoms with van der Waals surface area (Å²) in [6, 6.07) is 9.51. The third-order valence-corrected chi connectivity index (χ3v) is 2.88. The van der Waals surface area contributed by atoms with Gasteiger partial charge in [0.25, 0.3) is 0 Å². The zero-order valence-electron chi connectivity index (χ0n) is 9.14. The number of amides is 1. The van der Waals surface area contributed by atoms with Crippen LogP contribution in [0.3, 0.4) is 0 Å². The van der Waals surface area contributed by atoms with Crippen molar-refractivity contribution >= 4 is 27.5 Å². The van der Waals surface area contributed by atoms with E-state index in [1.165, 1.54) is 0 Å². The van der Waals surface area contributed by atoms with Gasteiger partial charge >= 0.3 is 0 Å². The molecule has 0 atom stereocenters. The molecule has 0 unspecified atom stereocenters. The fourth-order valence-electron chi connectivity index (χ4n) is 1.47. The van der Waals surface area contributed by atoms with Crippen molar-refractivity contribution in [2.45, 2.75) is 11.9 Å². The van der Waals surface area contributed by atoms with E-state index in [1.54, 1.807) is 23.1 Å². The first-order valence-corrected chi connectivity index (χ1v) is 6.32. The highest BCUT2D eigenvalue weighted by Crippen LogP contribution is 2.13. The van der Waals surface area contributed by atoms with Crippen molar-refractivity contribution in [2.75, 3.05) is 5.32 Å². The first kappa shape index (κ1) is 11.9. The van der Waals surface area contributed by atoms with Gasteiger partial charge in [-0.2, -0.15) is 5.10 Å². The van der Waals surface area contributed by atoms with E-state index in [0.29, 0.717) is 0 Å². The summed E-state index contributed by atoms with van der Waals surface area (Å²) in [5, 5.41) is 7.59. The largest absolute Gasteiger partial charge is 0.324 e. The van der Waals surface area contributed by atoms with E-state index in [1.807, 2.05) is 24.3 Å². The van der Waals surface area contributed by atoms with Crippen molar-refractivity contribution in [1.29, 1.82) is 0 Å². The minimum atomic E-state index is -0.0829. The van der Waals surface area contributed by atoms with Gasteiger partial charge in [-0.05, 0) is 23.8 Å². The maximum Gasteiger partial charge on any atom is 0.246 e. The summed E-state index contributed by atoms with van der Waals surface area (Å²) in [7, 11) is 0. The topological polar surface area (TPSA) is 46.9 Å². The van der Waals surface area contributed by atoms with Crippen molar-refractivity contribution in [3.8, 4) is 0 Å². The Morgan fingerprint density at radius 1 is 1.41 bits per heavy atom. The van der Waals surface area contributed by atoms with Crippen LogP contribution in [-0.2, 0) is 16.7 Å². The summed E-state index contributed by atoms with van der Waals surface area (Å²) in [5.74, 6) is -0.0829. The summed E-state index contributed by atoms with van der Waals surface area (Å²) >= 11 is 3.38. The van der Waals surface area contributed by atoms with Crippen LogP contribution in [-0.4, -0.2) is 15.7 Å².